The Kier molecular flexibility index (Phi) is 6.01. The van der Waals surface area contributed by atoms with Gasteiger partial charge in [-0.25, -0.2) is 0 Å². The van der Waals surface area contributed by atoms with E-state index in [0.29, 0.717) is 18.8 Å². The molecule has 1 aromatic carbocycles. The van der Waals surface area contributed by atoms with Crippen LogP contribution in [0.5, 0.6) is 5.75 Å². The van der Waals surface area contributed by atoms with Crippen LogP contribution < -0.4 is 10.1 Å². The number of methoxy groups -OCH3 is 1. The molecule has 1 aromatic rings. The Morgan fingerprint density at radius 3 is 3.00 bits per heavy atom. The predicted octanol–water partition coefficient (Wildman–Crippen LogP) is 2.92. The minimum Gasteiger partial charge on any atom is -0.496 e. The summed E-state index contributed by atoms with van der Waals surface area (Å²) in [5, 5.41) is 15.5. The summed E-state index contributed by atoms with van der Waals surface area (Å²) in [5.41, 5.74) is 8.97. The molecule has 0 saturated carbocycles. The van der Waals surface area contributed by atoms with Gasteiger partial charge in [0.2, 0.25) is 0 Å². The highest BCUT2D eigenvalue weighted by Crippen LogP contribution is 2.27. The van der Waals surface area contributed by atoms with E-state index in [0.717, 1.165) is 10.0 Å². The van der Waals surface area contributed by atoms with E-state index in [1.54, 1.807) is 13.2 Å². The van der Waals surface area contributed by atoms with Gasteiger partial charge in [-0.05, 0) is 39.2 Å². The van der Waals surface area contributed by atoms with Crippen molar-refractivity contribution in [1.29, 1.82) is 5.26 Å². The molecule has 0 aliphatic carbocycles. The summed E-state index contributed by atoms with van der Waals surface area (Å²) in [6.45, 7) is 0.762. The zero-order valence-corrected chi connectivity index (χ0v) is 11.4. The molecule has 6 nitrogen and oxygen atoms in total. The summed E-state index contributed by atoms with van der Waals surface area (Å²) < 4.78 is 5.91. The number of nitriles is 1. The zero-order chi connectivity index (χ0) is 13.4. The van der Waals surface area contributed by atoms with Gasteiger partial charge in [-0.2, -0.15) is 5.26 Å². The van der Waals surface area contributed by atoms with Gasteiger partial charge in [0.25, 0.3) is 0 Å². The molecule has 0 heterocycles. The van der Waals surface area contributed by atoms with Crippen LogP contribution in [0, 0.1) is 11.3 Å². The first-order chi connectivity index (χ1) is 8.72. The summed E-state index contributed by atoms with van der Waals surface area (Å²) in [4.78, 5) is 2.65. The number of hydrogen-bond donors (Lipinski definition) is 1. The van der Waals surface area contributed by atoms with Crippen LogP contribution in [0.3, 0.4) is 0 Å². The third-order valence-electron chi connectivity index (χ3n) is 2.26. The maximum Gasteiger partial charge on any atom is 0.133 e. The molecule has 0 amide bonds. The minimum absolute atomic E-state index is 0.312. The van der Waals surface area contributed by atoms with Gasteiger partial charge in [-0.3, -0.25) is 5.32 Å². The summed E-state index contributed by atoms with van der Waals surface area (Å²) in [6, 6.07) is 7.14. The highest BCUT2D eigenvalue weighted by molar-refractivity contribution is 9.10. The average Bonchev–Trinajstić information content (AvgIpc) is 2.39. The van der Waals surface area contributed by atoms with Crippen LogP contribution in [-0.2, 0) is 0 Å². The second kappa shape index (κ2) is 7.56. The van der Waals surface area contributed by atoms with Crippen molar-refractivity contribution in [2.24, 2.45) is 5.11 Å². The molecule has 94 valence electrons. The van der Waals surface area contributed by atoms with Crippen LogP contribution >= 0.6 is 15.9 Å². The molecule has 0 aliphatic rings. The summed E-state index contributed by atoms with van der Waals surface area (Å²) in [7, 11) is 1.58. The van der Waals surface area contributed by atoms with E-state index < -0.39 is 6.04 Å². The van der Waals surface area contributed by atoms with Gasteiger partial charge in [0.1, 0.15) is 11.8 Å². The molecule has 0 aromatic heterocycles. The van der Waals surface area contributed by atoms with E-state index in [1.807, 2.05) is 12.1 Å². The first-order valence-corrected chi connectivity index (χ1v) is 5.99. The van der Waals surface area contributed by atoms with Crippen LogP contribution in [-0.4, -0.2) is 20.2 Å². The van der Waals surface area contributed by atoms with Gasteiger partial charge < -0.3 is 4.74 Å². The van der Waals surface area contributed by atoms with Crippen molar-refractivity contribution >= 4 is 15.9 Å². The molecule has 0 fully saturated rings. The first-order valence-electron chi connectivity index (χ1n) is 5.20. The molecule has 18 heavy (non-hydrogen) atoms. The van der Waals surface area contributed by atoms with Crippen molar-refractivity contribution in [1.82, 2.24) is 5.32 Å². The largest absolute Gasteiger partial charge is 0.496 e. The molecule has 1 atom stereocenters. The lowest BCUT2D eigenvalue weighted by Crippen LogP contribution is -2.22. The van der Waals surface area contributed by atoms with E-state index in [2.05, 4.69) is 37.3 Å². The third-order valence-corrected chi connectivity index (χ3v) is 2.88. The monoisotopic (exact) mass is 309 g/mol. The van der Waals surface area contributed by atoms with Gasteiger partial charge in [-0.1, -0.05) is 11.2 Å². The molecule has 1 rings (SSSR count). The first kappa shape index (κ1) is 14.3. The van der Waals surface area contributed by atoms with Crippen LogP contribution in [0.2, 0.25) is 0 Å². The van der Waals surface area contributed by atoms with Gasteiger partial charge in [0.05, 0.1) is 17.7 Å². The second-order valence-electron chi connectivity index (χ2n) is 3.36. The van der Waals surface area contributed by atoms with E-state index >= 15 is 0 Å². The van der Waals surface area contributed by atoms with Gasteiger partial charge in [-0.15, -0.1) is 0 Å². The van der Waals surface area contributed by atoms with Crippen LogP contribution in [0.1, 0.15) is 11.6 Å². The van der Waals surface area contributed by atoms with Gasteiger partial charge >= 0.3 is 0 Å². The van der Waals surface area contributed by atoms with Crippen LogP contribution in [0.25, 0.3) is 10.4 Å². The fraction of sp³-hybridized carbons (Fsp3) is 0.364. The Hall–Kier alpha value is -1.74. The lowest BCUT2D eigenvalue weighted by atomic mass is 10.1. The Morgan fingerprint density at radius 2 is 2.44 bits per heavy atom. The number of halogens is 1. The number of benzene rings is 1. The predicted molar refractivity (Wildman–Crippen MR) is 71.1 cm³/mol. The molecule has 0 aliphatic heterocycles. The van der Waals surface area contributed by atoms with Crippen molar-refractivity contribution < 1.29 is 4.74 Å². The molecule has 0 saturated heterocycles. The Balaban J connectivity index is 2.73. The Bertz CT molecular complexity index is 493. The number of rotatable bonds is 6. The summed E-state index contributed by atoms with van der Waals surface area (Å²) in [5.74, 6) is 0.713. The standard InChI is InChI=1S/C11H12BrN5O/c1-18-11-3-2-8(6-9(11)12)10(7-13)15-4-5-16-17-14/h2-3,6,10,15H,4-5H2,1H3. The number of hydrogen-bond acceptors (Lipinski definition) is 4. The van der Waals surface area contributed by atoms with Gasteiger partial charge in [0, 0.05) is 18.0 Å². The number of nitrogens with zero attached hydrogens (tertiary/aromatic N) is 4. The fourth-order valence-electron chi connectivity index (χ4n) is 1.40. The maximum atomic E-state index is 9.09. The van der Waals surface area contributed by atoms with Crippen molar-refractivity contribution in [3.8, 4) is 11.8 Å². The van der Waals surface area contributed by atoms with E-state index in [-0.39, 0.29) is 0 Å². The topological polar surface area (TPSA) is 93.8 Å². The summed E-state index contributed by atoms with van der Waals surface area (Å²) >= 11 is 3.37. The molecular formula is C11H12BrN5O. The molecule has 7 heteroatoms. The highest BCUT2D eigenvalue weighted by Gasteiger charge is 2.11. The van der Waals surface area contributed by atoms with E-state index in [4.69, 9.17) is 15.5 Å². The van der Waals surface area contributed by atoms with E-state index in [1.165, 1.54) is 0 Å². The minimum atomic E-state index is -0.443. The van der Waals surface area contributed by atoms with Crippen molar-refractivity contribution in [3.63, 3.8) is 0 Å². The number of azide groups is 1. The second-order valence-corrected chi connectivity index (χ2v) is 4.22. The van der Waals surface area contributed by atoms with Crippen molar-refractivity contribution in [2.75, 3.05) is 20.2 Å². The lowest BCUT2D eigenvalue weighted by Gasteiger charge is -2.12. The van der Waals surface area contributed by atoms with Crippen molar-refractivity contribution in [2.45, 2.75) is 6.04 Å². The molecule has 0 radical (unpaired) electrons. The third kappa shape index (κ3) is 3.93. The smallest absolute Gasteiger partial charge is 0.133 e. The number of nitrogens with one attached hydrogen (secondary N) is 1. The Morgan fingerprint density at radius 1 is 1.67 bits per heavy atom. The fourth-order valence-corrected chi connectivity index (χ4v) is 1.96. The molecular weight excluding hydrogens is 298 g/mol. The zero-order valence-electron chi connectivity index (χ0n) is 9.80. The van der Waals surface area contributed by atoms with Gasteiger partial charge in [0.15, 0.2) is 0 Å². The SMILES string of the molecule is COc1ccc(C(C#N)NCCN=[N+]=[N-])cc1Br. The van der Waals surface area contributed by atoms with Crippen molar-refractivity contribution in [3.05, 3.63) is 38.7 Å². The average molecular weight is 310 g/mol. The molecule has 1 N–H and O–H groups in total. The summed E-state index contributed by atoms with van der Waals surface area (Å²) in [6.07, 6.45) is 0. The van der Waals surface area contributed by atoms with Crippen LogP contribution in [0.4, 0.5) is 0 Å². The molecule has 0 bridgehead atoms. The quantitative estimate of drug-likeness (QED) is 0.379. The maximum absolute atomic E-state index is 9.09. The molecule has 1 unspecified atom stereocenters. The normalized spacial score (nSPS) is 11.2. The number of ether oxygens (including phenoxy) is 1. The highest BCUT2D eigenvalue weighted by atomic mass is 79.9. The lowest BCUT2D eigenvalue weighted by molar-refractivity contribution is 0.412. The molecule has 0 spiro atoms. The van der Waals surface area contributed by atoms with E-state index in [9.17, 15) is 0 Å². The van der Waals surface area contributed by atoms with Crippen LogP contribution in [0.15, 0.2) is 27.8 Å². The Labute approximate surface area is 113 Å².